The number of alkyl halides is 3. The van der Waals surface area contributed by atoms with Crippen molar-refractivity contribution in [1.82, 2.24) is 20.2 Å². The molecule has 0 fully saturated rings. The molecule has 0 saturated carbocycles. The molecule has 36 heavy (non-hydrogen) atoms. The number of hydrogen-bond acceptors (Lipinski definition) is 5. The predicted octanol–water partition coefficient (Wildman–Crippen LogP) is 4.19. The Morgan fingerprint density at radius 2 is 1.69 bits per heavy atom. The first-order valence-electron chi connectivity index (χ1n) is 11.1. The molecule has 4 rings (SSSR count). The van der Waals surface area contributed by atoms with E-state index in [0.717, 1.165) is 5.56 Å². The van der Waals surface area contributed by atoms with Gasteiger partial charge in [-0.1, -0.05) is 42.5 Å². The summed E-state index contributed by atoms with van der Waals surface area (Å²) in [4.78, 5) is 29.7. The first-order chi connectivity index (χ1) is 17.3. The zero-order valence-corrected chi connectivity index (χ0v) is 19.1. The number of nitrogens with one attached hydrogen (secondary N) is 2. The van der Waals surface area contributed by atoms with Crippen LogP contribution < -0.4 is 15.4 Å². The summed E-state index contributed by atoms with van der Waals surface area (Å²) in [7, 11) is 0. The van der Waals surface area contributed by atoms with Gasteiger partial charge in [0.05, 0.1) is 11.1 Å². The van der Waals surface area contributed by atoms with Crippen molar-refractivity contribution in [3.8, 4) is 5.88 Å². The second-order valence-corrected chi connectivity index (χ2v) is 7.94. The number of aromatic nitrogens is 2. The molecule has 0 bridgehead atoms. The largest absolute Gasteiger partial charge is 0.468 e. The van der Waals surface area contributed by atoms with Gasteiger partial charge >= 0.3 is 6.18 Å². The smallest absolute Gasteiger partial charge is 0.422 e. The van der Waals surface area contributed by atoms with Crippen LogP contribution in [0.4, 0.5) is 13.2 Å². The minimum atomic E-state index is -4.42. The Morgan fingerprint density at radius 1 is 0.944 bits per heavy atom. The van der Waals surface area contributed by atoms with Crippen molar-refractivity contribution in [2.45, 2.75) is 12.7 Å². The van der Waals surface area contributed by atoms with E-state index in [1.165, 1.54) is 16.8 Å². The second kappa shape index (κ2) is 11.0. The Kier molecular flexibility index (Phi) is 7.65. The molecule has 0 aliphatic heterocycles. The molecule has 2 N–H and O–H groups in total. The van der Waals surface area contributed by atoms with Gasteiger partial charge in [0.15, 0.2) is 6.61 Å². The number of fused-ring (bicyclic) bond motifs is 1. The highest BCUT2D eigenvalue weighted by molar-refractivity contribution is 6.11. The van der Waals surface area contributed by atoms with Crippen LogP contribution in [-0.2, 0) is 6.54 Å². The van der Waals surface area contributed by atoms with E-state index in [1.807, 2.05) is 18.2 Å². The van der Waals surface area contributed by atoms with Crippen molar-refractivity contribution in [1.29, 1.82) is 0 Å². The highest BCUT2D eigenvalue weighted by Crippen LogP contribution is 2.22. The van der Waals surface area contributed by atoms with Crippen LogP contribution in [0.2, 0.25) is 0 Å². The van der Waals surface area contributed by atoms with Crippen molar-refractivity contribution in [3.63, 3.8) is 0 Å². The van der Waals surface area contributed by atoms with Gasteiger partial charge in [0.25, 0.3) is 11.8 Å². The monoisotopic (exact) mass is 496 g/mol. The van der Waals surface area contributed by atoms with Crippen molar-refractivity contribution in [2.75, 3.05) is 19.7 Å². The lowest BCUT2D eigenvalue weighted by Crippen LogP contribution is -2.31. The van der Waals surface area contributed by atoms with E-state index in [9.17, 15) is 22.8 Å². The molecule has 0 aliphatic rings. The summed E-state index contributed by atoms with van der Waals surface area (Å²) < 4.78 is 42.7. The van der Waals surface area contributed by atoms with Crippen molar-refractivity contribution in [2.24, 2.45) is 0 Å². The Morgan fingerprint density at radius 3 is 2.42 bits per heavy atom. The third-order valence-electron chi connectivity index (χ3n) is 5.29. The number of carbonyl (C=O) groups is 2. The molecule has 2 heterocycles. The standard InChI is InChI=1S/C26H23F3N4O3/c27-26(28,29)17-36-23-11-10-18(15-32-23)14-30-12-13-31-24(34)21-16-33(22-9-5-4-8-20(21)22)25(35)19-6-2-1-3-7-19/h1-11,15-16,30H,12-14,17H2,(H,31,34). The highest BCUT2D eigenvalue weighted by atomic mass is 19.4. The van der Waals surface area contributed by atoms with E-state index in [1.54, 1.807) is 48.7 Å². The molecule has 0 aliphatic carbocycles. The summed E-state index contributed by atoms with van der Waals surface area (Å²) in [5, 5.41) is 6.64. The minimum Gasteiger partial charge on any atom is -0.468 e. The fraction of sp³-hybridized carbons (Fsp3) is 0.192. The fourth-order valence-corrected chi connectivity index (χ4v) is 3.60. The van der Waals surface area contributed by atoms with E-state index < -0.39 is 12.8 Å². The molecule has 1 amide bonds. The van der Waals surface area contributed by atoms with Crippen LogP contribution in [0.15, 0.2) is 79.1 Å². The van der Waals surface area contributed by atoms with E-state index in [4.69, 9.17) is 0 Å². The summed E-state index contributed by atoms with van der Waals surface area (Å²) in [6, 6.07) is 19.0. The molecule has 0 radical (unpaired) electrons. The van der Waals surface area contributed by atoms with Gasteiger partial charge in [-0.2, -0.15) is 13.2 Å². The topological polar surface area (TPSA) is 85.2 Å². The van der Waals surface area contributed by atoms with Gasteiger partial charge in [-0.15, -0.1) is 0 Å². The first-order valence-corrected chi connectivity index (χ1v) is 11.1. The maximum absolute atomic E-state index is 13.0. The van der Waals surface area contributed by atoms with Gasteiger partial charge in [0.1, 0.15) is 0 Å². The van der Waals surface area contributed by atoms with Gasteiger partial charge in [-0.25, -0.2) is 4.98 Å². The number of pyridine rings is 1. The fourth-order valence-electron chi connectivity index (χ4n) is 3.60. The normalized spacial score (nSPS) is 11.4. The van der Waals surface area contributed by atoms with Crippen LogP contribution in [0.3, 0.4) is 0 Å². The van der Waals surface area contributed by atoms with Gasteiger partial charge < -0.3 is 15.4 Å². The van der Waals surface area contributed by atoms with Gasteiger partial charge in [-0.3, -0.25) is 14.2 Å². The second-order valence-electron chi connectivity index (χ2n) is 7.94. The summed E-state index contributed by atoms with van der Waals surface area (Å²) in [6.07, 6.45) is -1.44. The highest BCUT2D eigenvalue weighted by Gasteiger charge is 2.28. The third kappa shape index (κ3) is 6.28. The quantitative estimate of drug-likeness (QED) is 0.340. The lowest BCUT2D eigenvalue weighted by Gasteiger charge is -2.09. The summed E-state index contributed by atoms with van der Waals surface area (Å²) in [5.41, 5.74) is 2.31. The Bertz CT molecular complexity index is 1340. The van der Waals surface area contributed by atoms with E-state index in [0.29, 0.717) is 41.7 Å². The molecular formula is C26H23F3N4O3. The molecule has 10 heteroatoms. The van der Waals surface area contributed by atoms with Gasteiger partial charge in [-0.05, 0) is 23.8 Å². The molecule has 0 unspecified atom stereocenters. The third-order valence-corrected chi connectivity index (χ3v) is 5.29. The van der Waals surface area contributed by atoms with Crippen molar-refractivity contribution in [3.05, 3.63) is 95.8 Å². The first kappa shape index (κ1) is 24.9. The predicted molar refractivity (Wildman–Crippen MR) is 128 cm³/mol. The Labute approximate surface area is 204 Å². The lowest BCUT2D eigenvalue weighted by molar-refractivity contribution is -0.154. The summed E-state index contributed by atoms with van der Waals surface area (Å²) in [5.74, 6) is -0.635. The number of halogens is 3. The van der Waals surface area contributed by atoms with Crippen LogP contribution in [0.5, 0.6) is 5.88 Å². The number of ether oxygens (including phenoxy) is 1. The van der Waals surface area contributed by atoms with Crippen LogP contribution >= 0.6 is 0 Å². The average Bonchev–Trinajstić information content (AvgIpc) is 3.27. The molecule has 7 nitrogen and oxygen atoms in total. The van der Waals surface area contributed by atoms with E-state index >= 15 is 0 Å². The number of benzene rings is 2. The molecule has 4 aromatic rings. The number of amides is 1. The molecule has 0 spiro atoms. The van der Waals surface area contributed by atoms with E-state index in [2.05, 4.69) is 20.4 Å². The number of para-hydroxylation sites is 1. The summed E-state index contributed by atoms with van der Waals surface area (Å²) >= 11 is 0. The molecule has 2 aromatic heterocycles. The molecule has 2 aromatic carbocycles. The maximum Gasteiger partial charge on any atom is 0.422 e. The zero-order chi connectivity index (χ0) is 25.5. The molecule has 186 valence electrons. The van der Waals surface area contributed by atoms with Crippen molar-refractivity contribution < 1.29 is 27.5 Å². The molecule has 0 atom stereocenters. The van der Waals surface area contributed by atoms with Gasteiger partial charge in [0.2, 0.25) is 5.88 Å². The van der Waals surface area contributed by atoms with Crippen LogP contribution in [0.1, 0.15) is 26.3 Å². The summed E-state index contributed by atoms with van der Waals surface area (Å²) in [6.45, 7) is -0.214. The molecule has 0 saturated heterocycles. The lowest BCUT2D eigenvalue weighted by atomic mass is 10.1. The SMILES string of the molecule is O=C(NCCNCc1ccc(OCC(F)(F)F)nc1)c1cn(C(=O)c2ccccc2)c2ccccc12. The number of carbonyl (C=O) groups excluding carboxylic acids is 2. The number of nitrogens with zero attached hydrogens (tertiary/aromatic N) is 2. The number of rotatable bonds is 9. The zero-order valence-electron chi connectivity index (χ0n) is 19.1. The maximum atomic E-state index is 13.0. The molecular weight excluding hydrogens is 473 g/mol. The Hall–Kier alpha value is -4.18. The number of hydrogen-bond donors (Lipinski definition) is 2. The van der Waals surface area contributed by atoms with E-state index in [-0.39, 0.29) is 17.7 Å². The van der Waals surface area contributed by atoms with Crippen LogP contribution in [0.25, 0.3) is 10.9 Å². The van der Waals surface area contributed by atoms with Crippen molar-refractivity contribution >= 4 is 22.7 Å². The Balaban J connectivity index is 1.31. The van der Waals surface area contributed by atoms with Crippen LogP contribution in [0, 0.1) is 0 Å². The van der Waals surface area contributed by atoms with Gasteiger partial charge in [0, 0.05) is 49.0 Å². The minimum absolute atomic E-state index is 0.103. The average molecular weight is 496 g/mol. The van der Waals surface area contributed by atoms with Crippen LogP contribution in [-0.4, -0.2) is 47.2 Å².